The van der Waals surface area contributed by atoms with E-state index in [1.165, 1.54) is 6.07 Å². The van der Waals surface area contributed by atoms with Crippen LogP contribution in [0.1, 0.15) is 12.0 Å². The number of hydrogen-bond donors (Lipinski definition) is 0. The molecule has 102 valence electrons. The number of rotatable bonds is 6. The summed E-state index contributed by atoms with van der Waals surface area (Å²) >= 11 is 5.72. The molecule has 0 aliphatic carbocycles. The van der Waals surface area contributed by atoms with Crippen LogP contribution < -0.4 is 4.74 Å². The fraction of sp³-hybridized carbons (Fsp3) is 0.267. The second kappa shape index (κ2) is 7.74. The minimum absolute atomic E-state index is 0.260. The Hall–Kier alpha value is -1.61. The number of aryl methyl sites for hydroxylation is 1. The number of hydrogen-bond acceptors (Lipinski definition) is 2. The zero-order valence-electron chi connectivity index (χ0n) is 11.1. The van der Waals surface area contributed by atoms with Crippen LogP contribution in [-0.2, 0) is 0 Å². The lowest BCUT2D eigenvalue weighted by Gasteiger charge is -2.07. The van der Waals surface area contributed by atoms with Crippen LogP contribution in [0.4, 0.5) is 4.39 Å². The van der Waals surface area contributed by atoms with Gasteiger partial charge in [-0.2, -0.15) is 0 Å². The first-order valence-corrected chi connectivity index (χ1v) is 6.28. The van der Waals surface area contributed by atoms with Crippen LogP contribution in [-0.4, -0.2) is 18.8 Å². The van der Waals surface area contributed by atoms with Gasteiger partial charge in [-0.15, -0.1) is 0 Å². The molecule has 0 heterocycles. The molecule has 4 heteroatoms. The SMILES string of the molecule is C=C(/C=C\C(Cl)=NC)CCOc1ccc(C)cc1F. The molecule has 0 radical (unpaired) electrons. The Bertz CT molecular complexity index is 509. The van der Waals surface area contributed by atoms with E-state index in [4.69, 9.17) is 16.3 Å². The third-order valence-electron chi connectivity index (χ3n) is 2.44. The van der Waals surface area contributed by atoms with Gasteiger partial charge in [0, 0.05) is 13.5 Å². The smallest absolute Gasteiger partial charge is 0.165 e. The molecule has 0 spiro atoms. The monoisotopic (exact) mass is 281 g/mol. The summed E-state index contributed by atoms with van der Waals surface area (Å²) in [5.41, 5.74) is 1.71. The largest absolute Gasteiger partial charge is 0.490 e. The number of halogens is 2. The molecule has 2 nitrogen and oxygen atoms in total. The summed E-state index contributed by atoms with van der Waals surface area (Å²) in [6.07, 6.45) is 4.03. The van der Waals surface area contributed by atoms with Crippen molar-refractivity contribution in [3.8, 4) is 5.75 Å². The minimum Gasteiger partial charge on any atom is -0.490 e. The quantitative estimate of drug-likeness (QED) is 0.563. The van der Waals surface area contributed by atoms with Gasteiger partial charge in [0.25, 0.3) is 0 Å². The maximum absolute atomic E-state index is 13.5. The third kappa shape index (κ3) is 5.71. The number of aliphatic imine (C=N–C) groups is 1. The Morgan fingerprint density at radius 2 is 2.21 bits per heavy atom. The van der Waals surface area contributed by atoms with Crippen LogP contribution >= 0.6 is 11.6 Å². The summed E-state index contributed by atoms with van der Waals surface area (Å²) < 4.78 is 18.8. The fourth-order valence-corrected chi connectivity index (χ4v) is 1.42. The average Bonchev–Trinajstić information content (AvgIpc) is 2.38. The van der Waals surface area contributed by atoms with E-state index in [1.54, 1.807) is 25.3 Å². The zero-order chi connectivity index (χ0) is 14.3. The second-order valence-electron chi connectivity index (χ2n) is 4.07. The highest BCUT2D eigenvalue weighted by Crippen LogP contribution is 2.18. The molecule has 0 aliphatic rings. The molecule has 0 fully saturated rings. The highest BCUT2D eigenvalue weighted by atomic mass is 35.5. The zero-order valence-corrected chi connectivity index (χ0v) is 11.9. The normalized spacial score (nSPS) is 11.9. The Morgan fingerprint density at radius 1 is 1.47 bits per heavy atom. The molecule has 0 aromatic heterocycles. The van der Waals surface area contributed by atoms with Gasteiger partial charge < -0.3 is 4.74 Å². The van der Waals surface area contributed by atoms with E-state index < -0.39 is 0 Å². The van der Waals surface area contributed by atoms with E-state index in [-0.39, 0.29) is 11.6 Å². The van der Waals surface area contributed by atoms with Crippen molar-refractivity contribution in [2.24, 2.45) is 4.99 Å². The Labute approximate surface area is 118 Å². The van der Waals surface area contributed by atoms with Crippen molar-refractivity contribution in [1.29, 1.82) is 0 Å². The molecule has 1 aromatic carbocycles. The fourth-order valence-electron chi connectivity index (χ4n) is 1.36. The standard InChI is InChI=1S/C15H17ClFNO/c1-11(5-7-15(16)18-3)8-9-19-14-6-4-12(2)10-13(14)17/h4-7,10H,1,8-9H2,2-3H3/b7-5-,18-15?. The molecule has 1 rings (SSSR count). The van der Waals surface area contributed by atoms with Gasteiger partial charge in [-0.05, 0) is 30.7 Å². The highest BCUT2D eigenvalue weighted by Gasteiger charge is 2.02. The van der Waals surface area contributed by atoms with Gasteiger partial charge in [-0.25, -0.2) is 4.39 Å². The lowest BCUT2D eigenvalue weighted by atomic mass is 10.2. The molecule has 19 heavy (non-hydrogen) atoms. The average molecular weight is 282 g/mol. The lowest BCUT2D eigenvalue weighted by Crippen LogP contribution is -2.00. The van der Waals surface area contributed by atoms with E-state index in [1.807, 2.05) is 13.0 Å². The van der Waals surface area contributed by atoms with Gasteiger partial charge in [0.2, 0.25) is 0 Å². The van der Waals surface area contributed by atoms with Crippen LogP contribution in [0.5, 0.6) is 5.75 Å². The van der Waals surface area contributed by atoms with Crippen LogP contribution in [0, 0.1) is 12.7 Å². The summed E-state index contributed by atoms with van der Waals surface area (Å²) in [5.74, 6) is -0.0853. The predicted molar refractivity (Wildman–Crippen MR) is 78.7 cm³/mol. The summed E-state index contributed by atoms with van der Waals surface area (Å²) in [6.45, 7) is 6.05. The molecule has 0 saturated heterocycles. The van der Waals surface area contributed by atoms with E-state index in [0.717, 1.165) is 11.1 Å². The van der Waals surface area contributed by atoms with Crippen molar-refractivity contribution >= 4 is 16.8 Å². The first kappa shape index (κ1) is 15.4. The van der Waals surface area contributed by atoms with E-state index in [0.29, 0.717) is 18.2 Å². The third-order valence-corrected chi connectivity index (χ3v) is 2.73. The van der Waals surface area contributed by atoms with Crippen LogP contribution in [0.3, 0.4) is 0 Å². The number of benzene rings is 1. The first-order valence-electron chi connectivity index (χ1n) is 5.90. The molecule has 0 saturated carbocycles. The van der Waals surface area contributed by atoms with Crippen molar-refractivity contribution in [2.45, 2.75) is 13.3 Å². The minimum atomic E-state index is -0.345. The highest BCUT2D eigenvalue weighted by molar-refractivity contribution is 6.68. The van der Waals surface area contributed by atoms with Crippen molar-refractivity contribution in [3.05, 3.63) is 53.9 Å². The topological polar surface area (TPSA) is 21.6 Å². The summed E-state index contributed by atoms with van der Waals surface area (Å²) in [4.78, 5) is 3.78. The molecular formula is C15H17ClFNO. The maximum atomic E-state index is 13.5. The van der Waals surface area contributed by atoms with Gasteiger partial charge >= 0.3 is 0 Å². The molecule has 1 aromatic rings. The van der Waals surface area contributed by atoms with Gasteiger partial charge in [0.15, 0.2) is 11.6 Å². The van der Waals surface area contributed by atoms with E-state index >= 15 is 0 Å². The van der Waals surface area contributed by atoms with Gasteiger partial charge in [0.05, 0.1) is 6.61 Å². The lowest BCUT2D eigenvalue weighted by molar-refractivity contribution is 0.306. The van der Waals surface area contributed by atoms with Crippen molar-refractivity contribution < 1.29 is 9.13 Å². The number of ether oxygens (including phenoxy) is 1. The number of nitrogens with zero attached hydrogens (tertiary/aromatic N) is 1. The molecule has 0 amide bonds. The molecule has 0 unspecified atom stereocenters. The summed E-state index contributed by atoms with van der Waals surface area (Å²) in [7, 11) is 1.61. The Balaban J connectivity index is 2.42. The predicted octanol–water partition coefficient (Wildman–Crippen LogP) is 4.28. The number of allylic oxidation sites excluding steroid dienone is 2. The van der Waals surface area contributed by atoms with Gasteiger partial charge in [-0.3, -0.25) is 4.99 Å². The first-order chi connectivity index (χ1) is 9.02. The molecular weight excluding hydrogens is 265 g/mol. The van der Waals surface area contributed by atoms with Crippen molar-refractivity contribution in [3.63, 3.8) is 0 Å². The van der Waals surface area contributed by atoms with Gasteiger partial charge in [-0.1, -0.05) is 35.9 Å². The van der Waals surface area contributed by atoms with Crippen LogP contribution in [0.25, 0.3) is 0 Å². The maximum Gasteiger partial charge on any atom is 0.165 e. The molecule has 0 bridgehead atoms. The Kier molecular flexibility index (Phi) is 6.30. The van der Waals surface area contributed by atoms with Crippen LogP contribution in [0.15, 0.2) is 47.5 Å². The molecule has 0 atom stereocenters. The van der Waals surface area contributed by atoms with Crippen LogP contribution in [0.2, 0.25) is 0 Å². The van der Waals surface area contributed by atoms with E-state index in [9.17, 15) is 4.39 Å². The molecule has 0 N–H and O–H groups in total. The van der Waals surface area contributed by atoms with Crippen molar-refractivity contribution in [2.75, 3.05) is 13.7 Å². The molecule has 0 aliphatic heterocycles. The summed E-state index contributed by atoms with van der Waals surface area (Å²) in [5, 5.41) is 0.409. The Morgan fingerprint density at radius 3 is 2.84 bits per heavy atom. The van der Waals surface area contributed by atoms with Gasteiger partial charge in [0.1, 0.15) is 5.17 Å². The second-order valence-corrected chi connectivity index (χ2v) is 4.46. The van der Waals surface area contributed by atoms with Crippen molar-refractivity contribution in [1.82, 2.24) is 0 Å². The van der Waals surface area contributed by atoms with E-state index in [2.05, 4.69) is 11.6 Å². The summed E-state index contributed by atoms with van der Waals surface area (Å²) in [6, 6.07) is 4.88.